The average molecular weight is 426 g/mol. The summed E-state index contributed by atoms with van der Waals surface area (Å²) in [4.78, 5) is 30.6. The fourth-order valence-electron chi connectivity index (χ4n) is 2.57. The van der Waals surface area contributed by atoms with Gasteiger partial charge in [-0.3, -0.25) is 4.79 Å². The summed E-state index contributed by atoms with van der Waals surface area (Å²) >= 11 is 7.27. The molecule has 146 valence electrons. The van der Waals surface area contributed by atoms with E-state index >= 15 is 0 Å². The molecule has 29 heavy (non-hydrogen) atoms. The lowest BCUT2D eigenvalue weighted by atomic mass is 10.2. The fourth-order valence-corrected chi connectivity index (χ4v) is 3.54. The third kappa shape index (κ3) is 5.41. The lowest BCUT2D eigenvalue weighted by Crippen LogP contribution is -2.35. The molecular formula is C21H16ClN3O3S. The predicted molar refractivity (Wildman–Crippen MR) is 112 cm³/mol. The number of rotatable bonds is 7. The molecule has 3 aromatic rings. The molecule has 0 fully saturated rings. The van der Waals surface area contributed by atoms with Gasteiger partial charge in [-0.2, -0.15) is 5.26 Å². The van der Waals surface area contributed by atoms with E-state index in [0.717, 1.165) is 5.56 Å². The highest BCUT2D eigenvalue weighted by Crippen LogP contribution is 2.26. The van der Waals surface area contributed by atoms with Crippen molar-refractivity contribution in [3.05, 3.63) is 70.7 Å². The molecule has 0 N–H and O–H groups in total. The highest BCUT2D eigenvalue weighted by atomic mass is 35.5. The first-order chi connectivity index (χ1) is 14.1. The molecular weight excluding hydrogens is 410 g/mol. The maximum Gasteiger partial charge on any atom is 0.358 e. The molecule has 6 nitrogen and oxygen atoms in total. The van der Waals surface area contributed by atoms with Crippen LogP contribution in [0.4, 0.5) is 5.69 Å². The van der Waals surface area contributed by atoms with Crippen LogP contribution in [0.25, 0.3) is 10.6 Å². The Hall–Kier alpha value is -3.21. The quantitative estimate of drug-likeness (QED) is 0.518. The zero-order chi connectivity index (χ0) is 20.6. The molecule has 1 aromatic heterocycles. The molecule has 0 unspecified atom stereocenters. The van der Waals surface area contributed by atoms with Gasteiger partial charge in [0.2, 0.25) is 0 Å². The van der Waals surface area contributed by atoms with Gasteiger partial charge in [0.05, 0.1) is 12.5 Å². The van der Waals surface area contributed by atoms with E-state index < -0.39 is 18.5 Å². The van der Waals surface area contributed by atoms with Crippen LogP contribution in [0.15, 0.2) is 60.0 Å². The molecule has 3 rings (SSSR count). The standard InChI is InChI=1S/C21H16ClN3O3S/c22-16-7-4-6-15(12-16)20-24-18(14-29-20)21(27)28-13-19(26)25(11-5-10-23)17-8-2-1-3-9-17/h1-4,6-9,12,14H,5,11,13H2. The van der Waals surface area contributed by atoms with Gasteiger partial charge in [-0.05, 0) is 24.3 Å². The van der Waals surface area contributed by atoms with Crippen molar-refractivity contribution in [1.82, 2.24) is 4.98 Å². The Labute approximate surface area is 176 Å². The number of carbonyl (C=O) groups is 2. The monoisotopic (exact) mass is 425 g/mol. The molecule has 0 radical (unpaired) electrons. The second-order valence-corrected chi connectivity index (χ2v) is 7.21. The summed E-state index contributed by atoms with van der Waals surface area (Å²) in [6.45, 7) is -0.226. The summed E-state index contributed by atoms with van der Waals surface area (Å²) in [6, 6.07) is 18.1. The molecule has 0 atom stereocenters. The number of esters is 1. The van der Waals surface area contributed by atoms with Crippen LogP contribution in [0, 0.1) is 11.3 Å². The van der Waals surface area contributed by atoms with Gasteiger partial charge in [0, 0.05) is 28.2 Å². The molecule has 8 heteroatoms. The van der Waals surface area contributed by atoms with Crippen LogP contribution in [0.5, 0.6) is 0 Å². The number of halogens is 1. The maximum absolute atomic E-state index is 12.6. The maximum atomic E-state index is 12.6. The average Bonchev–Trinajstić information content (AvgIpc) is 3.23. The number of ether oxygens (including phenoxy) is 1. The number of thiazole rings is 1. The summed E-state index contributed by atoms with van der Waals surface area (Å²) in [5.74, 6) is -1.10. The lowest BCUT2D eigenvalue weighted by Gasteiger charge is -2.21. The number of benzene rings is 2. The molecule has 0 spiro atoms. The van der Waals surface area contributed by atoms with E-state index in [9.17, 15) is 9.59 Å². The van der Waals surface area contributed by atoms with Crippen LogP contribution < -0.4 is 4.90 Å². The van der Waals surface area contributed by atoms with Crippen molar-refractivity contribution in [2.75, 3.05) is 18.1 Å². The van der Waals surface area contributed by atoms with Crippen molar-refractivity contribution >= 4 is 40.5 Å². The molecule has 0 saturated heterocycles. The molecule has 1 heterocycles. The van der Waals surface area contributed by atoms with E-state index in [0.29, 0.717) is 15.7 Å². The van der Waals surface area contributed by atoms with Gasteiger partial charge in [-0.15, -0.1) is 11.3 Å². The van der Waals surface area contributed by atoms with Crippen LogP contribution in [-0.4, -0.2) is 30.0 Å². The Bertz CT molecular complexity index is 1050. The van der Waals surface area contributed by atoms with Crippen LogP contribution in [-0.2, 0) is 9.53 Å². The number of hydrogen-bond acceptors (Lipinski definition) is 6. The summed E-state index contributed by atoms with van der Waals surface area (Å²) in [7, 11) is 0. The van der Waals surface area contributed by atoms with E-state index in [2.05, 4.69) is 4.98 Å². The zero-order valence-electron chi connectivity index (χ0n) is 15.2. The number of aromatic nitrogens is 1. The Morgan fingerprint density at radius 1 is 1.17 bits per heavy atom. The number of anilines is 1. The van der Waals surface area contributed by atoms with Crippen molar-refractivity contribution in [1.29, 1.82) is 5.26 Å². The summed E-state index contributed by atoms with van der Waals surface area (Å²) in [5, 5.41) is 11.6. The molecule has 0 aliphatic rings. The van der Waals surface area contributed by atoms with Crippen molar-refractivity contribution < 1.29 is 14.3 Å². The van der Waals surface area contributed by atoms with Gasteiger partial charge in [0.1, 0.15) is 5.01 Å². The Kier molecular flexibility index (Phi) is 6.95. The minimum Gasteiger partial charge on any atom is -0.451 e. The topological polar surface area (TPSA) is 83.3 Å². The molecule has 2 aromatic carbocycles. The van der Waals surface area contributed by atoms with E-state index in [1.807, 2.05) is 18.2 Å². The number of para-hydroxylation sites is 1. The Morgan fingerprint density at radius 2 is 1.97 bits per heavy atom. The van der Waals surface area contributed by atoms with E-state index in [-0.39, 0.29) is 18.7 Å². The van der Waals surface area contributed by atoms with Gasteiger partial charge >= 0.3 is 5.97 Å². The number of nitriles is 1. The van der Waals surface area contributed by atoms with Crippen LogP contribution >= 0.6 is 22.9 Å². The normalized spacial score (nSPS) is 10.2. The minimum absolute atomic E-state index is 0.126. The Morgan fingerprint density at radius 3 is 2.69 bits per heavy atom. The minimum atomic E-state index is -0.684. The first kappa shape index (κ1) is 20.5. The molecule has 0 aliphatic heterocycles. The van der Waals surface area contributed by atoms with E-state index in [1.165, 1.54) is 16.2 Å². The number of carbonyl (C=O) groups excluding carboxylic acids is 2. The highest BCUT2D eigenvalue weighted by molar-refractivity contribution is 7.13. The zero-order valence-corrected chi connectivity index (χ0v) is 16.8. The third-order valence-electron chi connectivity index (χ3n) is 3.93. The number of hydrogen-bond donors (Lipinski definition) is 0. The largest absolute Gasteiger partial charge is 0.451 e. The van der Waals surface area contributed by atoms with Crippen LogP contribution in [0.1, 0.15) is 16.9 Å². The molecule has 0 saturated carbocycles. The van der Waals surface area contributed by atoms with Crippen molar-refractivity contribution in [3.63, 3.8) is 0 Å². The summed E-state index contributed by atoms with van der Waals surface area (Å²) in [6.07, 6.45) is 0.170. The highest BCUT2D eigenvalue weighted by Gasteiger charge is 2.19. The van der Waals surface area contributed by atoms with Crippen molar-refractivity contribution in [2.24, 2.45) is 0 Å². The molecule has 1 amide bonds. The molecule has 0 bridgehead atoms. The van der Waals surface area contributed by atoms with Gasteiger partial charge in [0.15, 0.2) is 12.3 Å². The summed E-state index contributed by atoms with van der Waals surface area (Å²) in [5.41, 5.74) is 1.56. The lowest BCUT2D eigenvalue weighted by molar-refractivity contribution is -0.121. The van der Waals surface area contributed by atoms with Crippen molar-refractivity contribution in [3.8, 4) is 16.6 Å². The van der Waals surface area contributed by atoms with Gasteiger partial charge < -0.3 is 9.64 Å². The third-order valence-corrected chi connectivity index (χ3v) is 5.05. The summed E-state index contributed by atoms with van der Waals surface area (Å²) < 4.78 is 5.15. The molecule has 0 aliphatic carbocycles. The van der Waals surface area contributed by atoms with Crippen LogP contribution in [0.3, 0.4) is 0 Å². The van der Waals surface area contributed by atoms with Crippen LogP contribution in [0.2, 0.25) is 5.02 Å². The smallest absolute Gasteiger partial charge is 0.358 e. The van der Waals surface area contributed by atoms with E-state index in [4.69, 9.17) is 21.6 Å². The number of nitrogens with zero attached hydrogens (tertiary/aromatic N) is 3. The van der Waals surface area contributed by atoms with Gasteiger partial charge in [0.25, 0.3) is 5.91 Å². The first-order valence-electron chi connectivity index (χ1n) is 8.69. The van der Waals surface area contributed by atoms with Gasteiger partial charge in [-0.1, -0.05) is 41.9 Å². The second kappa shape index (κ2) is 9.82. The van der Waals surface area contributed by atoms with Gasteiger partial charge in [-0.25, -0.2) is 9.78 Å². The predicted octanol–water partition coefficient (Wildman–Crippen LogP) is 4.57. The number of amides is 1. The Balaban J connectivity index is 1.65. The SMILES string of the molecule is N#CCCN(C(=O)COC(=O)c1csc(-c2cccc(Cl)c2)n1)c1ccccc1. The van der Waals surface area contributed by atoms with Crippen molar-refractivity contribution in [2.45, 2.75) is 6.42 Å². The second-order valence-electron chi connectivity index (χ2n) is 5.91. The van der Waals surface area contributed by atoms with E-state index in [1.54, 1.807) is 47.8 Å². The first-order valence-corrected chi connectivity index (χ1v) is 9.95. The fraction of sp³-hybridized carbons (Fsp3) is 0.143.